The van der Waals surface area contributed by atoms with Gasteiger partial charge < -0.3 is 49.0 Å². The van der Waals surface area contributed by atoms with Crippen LogP contribution in [-0.2, 0) is 38.6 Å². The maximum absolute atomic E-state index is 12.0. The van der Waals surface area contributed by atoms with Crippen LogP contribution in [0.15, 0.2) is 145 Å². The van der Waals surface area contributed by atoms with Crippen molar-refractivity contribution in [1.82, 2.24) is 95.1 Å². The second kappa shape index (κ2) is 32.9. The predicted molar refractivity (Wildman–Crippen MR) is 380 cm³/mol. The minimum absolute atomic E-state index is 0.272. The molecule has 5 amide bonds. The Bertz CT molecular complexity index is 4530. The number of carbonyl (C=O) groups is 3. The number of amides is 5. The van der Waals surface area contributed by atoms with E-state index in [1.54, 1.807) is 62.4 Å². The van der Waals surface area contributed by atoms with E-state index >= 15 is 0 Å². The number of imidazole rings is 3. The number of benzene rings is 3. The summed E-state index contributed by atoms with van der Waals surface area (Å²) in [7, 11) is 0. The predicted octanol–water partition coefficient (Wildman–Crippen LogP) is 9.79. The molecule has 0 unspecified atom stereocenters. The van der Waals surface area contributed by atoms with E-state index in [4.69, 9.17) is 28.3 Å². The average molecular weight is 1370 g/mol. The summed E-state index contributed by atoms with van der Waals surface area (Å²) in [4.78, 5) is 102. The van der Waals surface area contributed by atoms with Gasteiger partial charge in [0.05, 0.1) is 92.5 Å². The molecule has 3 aromatic carbocycles. The van der Waals surface area contributed by atoms with Crippen molar-refractivity contribution in [3.8, 4) is 67.6 Å². The molecule has 12 heterocycles. The average Bonchev–Trinajstić information content (AvgIpc) is 1.68. The van der Waals surface area contributed by atoms with E-state index in [0.717, 1.165) is 176 Å². The zero-order valence-electron chi connectivity index (χ0n) is 56.0. The number of nitrogens with one attached hydrogen (secondary N) is 8. The van der Waals surface area contributed by atoms with Crippen molar-refractivity contribution in [2.45, 2.75) is 40.4 Å². The Labute approximate surface area is 579 Å². The molecule has 518 valence electrons. The van der Waals surface area contributed by atoms with E-state index in [-0.39, 0.29) is 18.7 Å². The van der Waals surface area contributed by atoms with Crippen molar-refractivity contribution in [3.63, 3.8) is 0 Å². The monoisotopic (exact) mass is 1360 g/mol. The van der Waals surface area contributed by atoms with Crippen LogP contribution >= 0.6 is 0 Å². The first kappa shape index (κ1) is 68.0. The normalized spacial score (nSPS) is 14.3. The Hall–Kier alpha value is -11.5. The van der Waals surface area contributed by atoms with Gasteiger partial charge in [-0.05, 0) is 104 Å². The van der Waals surface area contributed by atoms with E-state index in [9.17, 15) is 14.4 Å². The Morgan fingerprint density at radius 1 is 0.455 bits per heavy atom. The van der Waals surface area contributed by atoms with E-state index in [2.05, 4.69) is 124 Å². The highest BCUT2D eigenvalue weighted by molar-refractivity contribution is 6.00. The number of anilines is 3. The lowest BCUT2D eigenvalue weighted by Gasteiger charge is -2.26. The van der Waals surface area contributed by atoms with Crippen molar-refractivity contribution in [2.24, 2.45) is 0 Å². The molecule has 0 spiro atoms. The molecule has 0 atom stereocenters. The second-order valence-corrected chi connectivity index (χ2v) is 23.6. The summed E-state index contributed by atoms with van der Waals surface area (Å²) in [6.45, 7) is 19.0. The van der Waals surface area contributed by atoms with Gasteiger partial charge in [0.25, 0.3) is 0 Å². The fraction of sp³-hybridized carbons (Fsp3) is 0.296. The van der Waals surface area contributed by atoms with Crippen LogP contribution < -0.4 is 26.6 Å². The number of oxazole rings is 1. The van der Waals surface area contributed by atoms with Crippen LogP contribution in [-0.4, -0.2) is 201 Å². The van der Waals surface area contributed by atoms with Gasteiger partial charge in [0.2, 0.25) is 23.7 Å². The van der Waals surface area contributed by atoms with Crippen LogP contribution in [0.3, 0.4) is 0 Å². The lowest BCUT2D eigenvalue weighted by atomic mass is 10.0. The van der Waals surface area contributed by atoms with Crippen LogP contribution in [0.4, 0.5) is 32.2 Å². The van der Waals surface area contributed by atoms with Crippen molar-refractivity contribution >= 4 is 69.1 Å². The van der Waals surface area contributed by atoms with Crippen LogP contribution in [0.1, 0.15) is 37.9 Å². The first-order valence-electron chi connectivity index (χ1n) is 33.4. The molecule has 9 aromatic heterocycles. The summed E-state index contributed by atoms with van der Waals surface area (Å²) in [5.74, 6) is 3.35. The van der Waals surface area contributed by atoms with Gasteiger partial charge in [0.1, 0.15) is 22.3 Å². The maximum atomic E-state index is 12.0. The number of pyridine rings is 3. The van der Waals surface area contributed by atoms with Crippen LogP contribution in [0.25, 0.3) is 101 Å². The molecule has 0 bridgehead atoms. The fourth-order valence-corrected chi connectivity index (χ4v) is 11.7. The number of morpholine rings is 3. The van der Waals surface area contributed by atoms with E-state index < -0.39 is 6.09 Å². The molecule has 0 radical (unpaired) electrons. The van der Waals surface area contributed by atoms with Crippen LogP contribution in [0, 0.1) is 0 Å². The van der Waals surface area contributed by atoms with E-state index in [1.165, 1.54) is 0 Å². The number of ether oxygens (including phenoxy) is 4. The van der Waals surface area contributed by atoms with E-state index in [1.807, 2.05) is 80.8 Å². The number of H-pyrrole nitrogens is 3. The molecule has 15 rings (SSSR count). The van der Waals surface area contributed by atoms with Crippen molar-refractivity contribution < 1.29 is 37.7 Å². The zero-order valence-corrected chi connectivity index (χ0v) is 56.0. The molecule has 30 nitrogen and oxygen atoms in total. The summed E-state index contributed by atoms with van der Waals surface area (Å²) in [5.41, 5.74) is 14.3. The lowest BCUT2D eigenvalue weighted by Crippen LogP contribution is -2.35. The first-order valence-corrected chi connectivity index (χ1v) is 33.4. The largest absolute Gasteiger partial charge is 0.450 e. The summed E-state index contributed by atoms with van der Waals surface area (Å²) in [6.07, 6.45) is 15.3. The summed E-state index contributed by atoms with van der Waals surface area (Å²) >= 11 is 0. The Morgan fingerprint density at radius 2 is 0.891 bits per heavy atom. The number of aromatic amines is 3. The van der Waals surface area contributed by atoms with Gasteiger partial charge in [-0.25, -0.2) is 54.3 Å². The molecule has 0 aliphatic carbocycles. The van der Waals surface area contributed by atoms with Gasteiger partial charge >= 0.3 is 18.2 Å². The quantitative estimate of drug-likeness (QED) is 0.0396. The summed E-state index contributed by atoms with van der Waals surface area (Å²) < 4.78 is 27.4. The number of urea groups is 2. The number of nitrogens with zero attached hydrogens (tertiary/aromatic N) is 14. The molecule has 0 saturated carbocycles. The third-order valence-corrected chi connectivity index (χ3v) is 16.6. The topological polar surface area (TPSA) is 360 Å². The Balaban J connectivity index is 0.000000135. The van der Waals surface area contributed by atoms with Crippen molar-refractivity contribution in [1.29, 1.82) is 0 Å². The van der Waals surface area contributed by atoms with Gasteiger partial charge in [-0.1, -0.05) is 18.2 Å². The maximum Gasteiger partial charge on any atom is 0.413 e. The molecule has 3 aliphatic heterocycles. The Morgan fingerprint density at radius 3 is 1.32 bits per heavy atom. The Kier molecular flexibility index (Phi) is 22.1. The smallest absolute Gasteiger partial charge is 0.413 e. The lowest BCUT2D eigenvalue weighted by molar-refractivity contribution is 0.0314. The highest BCUT2D eigenvalue weighted by Gasteiger charge is 2.23. The second-order valence-electron chi connectivity index (χ2n) is 23.6. The number of fused-ring (bicyclic) bond motifs is 3. The number of aromatic nitrogens is 14. The highest BCUT2D eigenvalue weighted by Crippen LogP contribution is 2.36. The molecule has 8 N–H and O–H groups in total. The van der Waals surface area contributed by atoms with Crippen LogP contribution in [0.5, 0.6) is 0 Å². The van der Waals surface area contributed by atoms with Gasteiger partial charge in [-0.15, -0.1) is 0 Å². The summed E-state index contributed by atoms with van der Waals surface area (Å²) in [6, 6.07) is 26.9. The molecule has 12 aromatic rings. The third-order valence-electron chi connectivity index (χ3n) is 16.6. The molecule has 3 aliphatic rings. The fourth-order valence-electron chi connectivity index (χ4n) is 11.7. The third kappa shape index (κ3) is 17.5. The van der Waals surface area contributed by atoms with E-state index in [0.29, 0.717) is 71.6 Å². The highest BCUT2D eigenvalue weighted by atomic mass is 16.5. The number of rotatable bonds is 18. The first-order chi connectivity index (χ1) is 49.6. The number of carbonyl (C=O) groups excluding carboxylic acids is 3. The van der Waals surface area contributed by atoms with Gasteiger partial charge in [-0.2, -0.15) is 0 Å². The van der Waals surface area contributed by atoms with Gasteiger partial charge in [0, 0.05) is 143 Å². The number of hydrogen-bond donors (Lipinski definition) is 8. The molecule has 101 heavy (non-hydrogen) atoms. The van der Waals surface area contributed by atoms with Gasteiger partial charge in [-0.3, -0.25) is 45.6 Å². The standard InChI is InChI=1S/C24H26N8O2.C24H25N7O3.C23H25N7O3/c1-2-25-24(33)31-23-29-20-13-17(12-19(21(20)30-23)22-26-6-3-7-27-22)16-4-5-18(28-14-16)15-32-8-10-34-11-9-32;1-2-34-24(32)30-23-28-20-13-17(12-19(21(20)29-23)22-25-6-3-7-26-22)16-4-5-18(27-14-16)15-31-8-10-33-11-9-31;1-2-25-23(31)29-22-27-19-11-16(15-4-3-5-24-12-15)10-18(20(19)28-22)21-26-13-17(33-21)14-30-6-8-32-9-7-30/h3-7,12-14H,2,8-11,15H2,1H3,(H3,25,29,30,31,33);3-7,12-14H,2,8-11,15H2,1H3,(H2,28,29,30,32);3-5,10-13H,2,6-9,14H2,1H3,(H3,25,27,28,29,31). The SMILES string of the molecule is CCNC(=O)Nc1nc2c(-c3ncc(CN4CCOCC4)o3)cc(-c3cccnc3)cc2[nH]1.CCNC(=O)Nc1nc2c(-c3ncccn3)cc(-c3ccc(CN4CCOCC4)nc3)cc2[nH]1.CCOC(=O)Nc1nc2c(-c3ncccn3)cc(-c3ccc(CN4CCOCC4)nc3)cc2[nH]1. The van der Waals surface area contributed by atoms with Crippen molar-refractivity contribution in [3.05, 3.63) is 158 Å². The minimum Gasteiger partial charge on any atom is -0.450 e. The number of hydrogen-bond acceptors (Lipinski definition) is 22. The minimum atomic E-state index is -0.570. The summed E-state index contributed by atoms with van der Waals surface area (Å²) in [5, 5.41) is 13.5. The molecular formula is C71H76N22O8. The molecule has 3 saturated heterocycles. The van der Waals surface area contributed by atoms with Crippen LogP contribution in [0.2, 0.25) is 0 Å². The zero-order chi connectivity index (χ0) is 69.3. The molecule has 3 fully saturated rings. The van der Waals surface area contributed by atoms with Gasteiger partial charge in [0.15, 0.2) is 11.6 Å². The molecular weight excluding hydrogens is 1290 g/mol. The molecule has 30 heteroatoms. The van der Waals surface area contributed by atoms with Crippen molar-refractivity contribution in [2.75, 3.05) is 115 Å².